The molecule has 1 saturated heterocycles. The van der Waals surface area contributed by atoms with Crippen LogP contribution in [0.25, 0.3) is 6.08 Å². The molecule has 1 spiro atoms. The molecule has 32 heavy (non-hydrogen) atoms. The number of halogens is 2. The molecule has 2 aromatic carbocycles. The van der Waals surface area contributed by atoms with Gasteiger partial charge in [0.25, 0.3) is 11.8 Å². The zero-order valence-electron chi connectivity index (χ0n) is 17.6. The van der Waals surface area contributed by atoms with Gasteiger partial charge < -0.3 is 9.64 Å². The van der Waals surface area contributed by atoms with Gasteiger partial charge in [-0.3, -0.25) is 19.7 Å². The third-order valence-electron chi connectivity index (χ3n) is 5.94. The van der Waals surface area contributed by atoms with E-state index in [1.165, 1.54) is 29.8 Å². The molecule has 4 rings (SSSR count). The van der Waals surface area contributed by atoms with Crippen molar-refractivity contribution >= 4 is 30.3 Å². The number of hydrogen-bond acceptors (Lipinski definition) is 5. The maximum absolute atomic E-state index is 13.1. The maximum Gasteiger partial charge on any atom is 0.267 e. The number of rotatable bonds is 4. The Morgan fingerprint density at radius 1 is 1.22 bits per heavy atom. The van der Waals surface area contributed by atoms with Crippen LogP contribution in [0.3, 0.4) is 0 Å². The number of fused-ring (bicyclic) bond motifs is 1. The van der Waals surface area contributed by atoms with Gasteiger partial charge in [-0.1, -0.05) is 18.2 Å². The lowest BCUT2D eigenvalue weighted by Gasteiger charge is -2.49. The van der Waals surface area contributed by atoms with E-state index in [1.807, 2.05) is 0 Å². The molecule has 0 atom stereocenters. The smallest absolute Gasteiger partial charge is 0.267 e. The van der Waals surface area contributed by atoms with Crippen molar-refractivity contribution in [2.75, 3.05) is 20.1 Å². The molecule has 2 aromatic rings. The Bertz CT molecular complexity index is 1020. The summed E-state index contributed by atoms with van der Waals surface area (Å²) in [5.74, 6) is -0.497. The molecule has 0 bridgehead atoms. The molecule has 2 heterocycles. The van der Waals surface area contributed by atoms with Gasteiger partial charge >= 0.3 is 0 Å². The van der Waals surface area contributed by atoms with Crippen LogP contribution in [-0.2, 0) is 11.3 Å². The fraction of sp³-hybridized carbons (Fsp3) is 0.304. The lowest BCUT2D eigenvalue weighted by Crippen LogP contribution is -2.61. The van der Waals surface area contributed by atoms with Crippen molar-refractivity contribution in [3.63, 3.8) is 0 Å². The first kappa shape index (κ1) is 23.7. The van der Waals surface area contributed by atoms with Crippen molar-refractivity contribution in [1.82, 2.24) is 15.3 Å². The minimum Gasteiger partial charge on any atom is -0.467 e. The average molecular weight is 462 g/mol. The monoisotopic (exact) mass is 461 g/mol. The number of nitrogens with one attached hydrogen (secondary N) is 1. The highest BCUT2D eigenvalue weighted by Crippen LogP contribution is 2.39. The lowest BCUT2D eigenvalue weighted by molar-refractivity contribution is -0.124. The van der Waals surface area contributed by atoms with Gasteiger partial charge in [-0.15, -0.1) is 12.4 Å². The van der Waals surface area contributed by atoms with E-state index in [0.717, 1.165) is 25.2 Å². The minimum atomic E-state index is -0.697. The van der Waals surface area contributed by atoms with Crippen LogP contribution in [-0.4, -0.2) is 52.7 Å². The lowest BCUT2D eigenvalue weighted by atomic mass is 9.94. The summed E-state index contributed by atoms with van der Waals surface area (Å²) in [6.07, 6.45) is 4.01. The second-order valence-corrected chi connectivity index (χ2v) is 7.88. The quantitative estimate of drug-likeness (QED) is 0.415. The van der Waals surface area contributed by atoms with Gasteiger partial charge in [0.2, 0.25) is 0 Å². The van der Waals surface area contributed by atoms with Crippen molar-refractivity contribution in [1.29, 1.82) is 0 Å². The number of carbonyl (C=O) groups excluding carboxylic acids is 2. The van der Waals surface area contributed by atoms with Gasteiger partial charge in [-0.2, -0.15) is 0 Å². The van der Waals surface area contributed by atoms with Gasteiger partial charge in [-0.25, -0.2) is 9.87 Å². The van der Waals surface area contributed by atoms with E-state index in [4.69, 9.17) is 9.94 Å². The Labute approximate surface area is 191 Å². The first-order valence-corrected chi connectivity index (χ1v) is 10.1. The number of nitrogens with zero attached hydrogens (tertiary/aromatic N) is 2. The molecule has 2 N–H and O–H groups in total. The summed E-state index contributed by atoms with van der Waals surface area (Å²) in [7, 11) is 1.75. The zero-order chi connectivity index (χ0) is 22.0. The molecule has 9 heteroatoms. The van der Waals surface area contributed by atoms with Crippen LogP contribution in [0.4, 0.5) is 4.39 Å². The van der Waals surface area contributed by atoms with E-state index in [2.05, 4.69) is 4.90 Å². The van der Waals surface area contributed by atoms with E-state index >= 15 is 0 Å². The SMILES string of the molecule is CN1C(=O)c2cc(/C=C/C(=O)NO)ccc2OC12CCN(Cc1ccc(F)cc1)CC2.Cl. The Morgan fingerprint density at radius 2 is 1.91 bits per heavy atom. The van der Waals surface area contributed by atoms with Crippen molar-refractivity contribution in [3.05, 3.63) is 71.0 Å². The van der Waals surface area contributed by atoms with Crippen LogP contribution in [0, 0.1) is 5.82 Å². The second kappa shape index (κ2) is 9.68. The molecule has 2 aliphatic heterocycles. The predicted molar refractivity (Wildman–Crippen MR) is 119 cm³/mol. The summed E-state index contributed by atoms with van der Waals surface area (Å²) in [5.41, 5.74) is 2.97. The Morgan fingerprint density at radius 3 is 2.56 bits per heavy atom. The van der Waals surface area contributed by atoms with Crippen molar-refractivity contribution in [3.8, 4) is 5.75 Å². The van der Waals surface area contributed by atoms with Crippen LogP contribution >= 0.6 is 12.4 Å². The van der Waals surface area contributed by atoms with Gasteiger partial charge in [-0.05, 0) is 41.5 Å². The summed E-state index contributed by atoms with van der Waals surface area (Å²) in [6.45, 7) is 2.23. The third kappa shape index (κ3) is 4.77. The zero-order valence-corrected chi connectivity index (χ0v) is 18.4. The topological polar surface area (TPSA) is 82.1 Å². The Balaban J connectivity index is 0.00000289. The first-order valence-electron chi connectivity index (χ1n) is 10.1. The largest absolute Gasteiger partial charge is 0.467 e. The second-order valence-electron chi connectivity index (χ2n) is 7.88. The molecule has 2 aliphatic rings. The normalized spacial score (nSPS) is 17.6. The molecule has 0 unspecified atom stereocenters. The fourth-order valence-electron chi connectivity index (χ4n) is 4.10. The molecular weight excluding hydrogens is 437 g/mol. The van der Waals surface area contributed by atoms with E-state index in [9.17, 15) is 14.0 Å². The van der Waals surface area contributed by atoms with Crippen LogP contribution in [0.1, 0.15) is 34.3 Å². The predicted octanol–water partition coefficient (Wildman–Crippen LogP) is 3.22. The fourth-order valence-corrected chi connectivity index (χ4v) is 4.10. The highest BCUT2D eigenvalue weighted by molar-refractivity contribution is 5.99. The average Bonchev–Trinajstić information content (AvgIpc) is 2.79. The van der Waals surface area contributed by atoms with Crippen LogP contribution in [0.15, 0.2) is 48.5 Å². The number of hydroxylamine groups is 1. The summed E-state index contributed by atoms with van der Waals surface area (Å²) in [6, 6.07) is 11.7. The summed E-state index contributed by atoms with van der Waals surface area (Å²) in [4.78, 5) is 28.2. The van der Waals surface area contributed by atoms with Gasteiger partial charge in [0, 0.05) is 45.6 Å². The molecule has 7 nitrogen and oxygen atoms in total. The number of likely N-dealkylation sites (tertiary alicyclic amines) is 1. The van der Waals surface area contributed by atoms with Crippen molar-refractivity contribution in [2.24, 2.45) is 0 Å². The van der Waals surface area contributed by atoms with Crippen LogP contribution in [0.5, 0.6) is 5.75 Å². The van der Waals surface area contributed by atoms with Crippen molar-refractivity contribution < 1.29 is 23.9 Å². The number of piperidine rings is 1. The van der Waals surface area contributed by atoms with Gasteiger partial charge in [0.05, 0.1) is 5.56 Å². The van der Waals surface area contributed by atoms with E-state index in [1.54, 1.807) is 42.3 Å². The molecule has 0 saturated carbocycles. The molecule has 0 aromatic heterocycles. The van der Waals surface area contributed by atoms with Crippen molar-refractivity contribution in [2.45, 2.75) is 25.1 Å². The van der Waals surface area contributed by atoms with Gasteiger partial charge in [0.15, 0.2) is 5.72 Å². The molecule has 0 aliphatic carbocycles. The standard InChI is InChI=1S/C23H24FN3O4.ClH/c1-26-22(29)19-14-16(5-9-21(28)25-30)4-8-20(19)31-23(26)10-12-27(13-11-23)15-17-2-6-18(24)7-3-17;/h2-9,14,30H,10-13,15H2,1H3,(H,25,28);1H/b9-5+;. The third-order valence-corrected chi connectivity index (χ3v) is 5.94. The number of amides is 2. The maximum atomic E-state index is 13.1. The molecular formula is C23H25ClFN3O4. The number of ether oxygens (including phenoxy) is 1. The molecule has 2 amide bonds. The first-order chi connectivity index (χ1) is 14.9. The summed E-state index contributed by atoms with van der Waals surface area (Å²) >= 11 is 0. The summed E-state index contributed by atoms with van der Waals surface area (Å²) < 4.78 is 19.5. The van der Waals surface area contributed by atoms with E-state index < -0.39 is 11.6 Å². The Hall–Kier alpha value is -2.94. The number of benzene rings is 2. The number of hydrogen-bond donors (Lipinski definition) is 2. The van der Waals surface area contributed by atoms with Crippen LogP contribution in [0.2, 0.25) is 0 Å². The summed E-state index contributed by atoms with van der Waals surface area (Å²) in [5, 5.41) is 8.58. The van der Waals surface area contributed by atoms with Crippen LogP contribution < -0.4 is 10.2 Å². The minimum absolute atomic E-state index is 0. The highest BCUT2D eigenvalue weighted by atomic mass is 35.5. The Kier molecular flexibility index (Phi) is 7.18. The van der Waals surface area contributed by atoms with E-state index in [-0.39, 0.29) is 24.1 Å². The number of carbonyl (C=O) groups is 2. The highest BCUT2D eigenvalue weighted by Gasteiger charge is 2.46. The molecule has 170 valence electrons. The molecule has 1 fully saturated rings. The molecule has 0 radical (unpaired) electrons. The van der Waals surface area contributed by atoms with Gasteiger partial charge in [0.1, 0.15) is 11.6 Å². The van der Waals surface area contributed by atoms with E-state index in [0.29, 0.717) is 29.7 Å².